The predicted octanol–water partition coefficient (Wildman–Crippen LogP) is 11.4. The third kappa shape index (κ3) is 34.1. The van der Waals surface area contributed by atoms with E-state index in [0.29, 0.717) is 38.6 Å². The zero-order valence-electron chi connectivity index (χ0n) is 32.5. The maximum absolute atomic E-state index is 12.6. The van der Waals surface area contributed by atoms with Gasteiger partial charge in [0.05, 0.1) is 0 Å². The Kier molecular flexibility index (Phi) is 36.0. The van der Waals surface area contributed by atoms with Crippen LogP contribution < -0.4 is 11.1 Å². The molecule has 0 spiro atoms. The van der Waals surface area contributed by atoms with E-state index in [1.807, 2.05) is 0 Å². The summed E-state index contributed by atoms with van der Waals surface area (Å²) in [5, 5.41) is 11.9. The third-order valence-corrected chi connectivity index (χ3v) is 9.16. The number of esters is 1. The van der Waals surface area contributed by atoms with Crippen LogP contribution in [0.2, 0.25) is 0 Å². The lowest BCUT2D eigenvalue weighted by molar-refractivity contribution is -0.147. The van der Waals surface area contributed by atoms with Crippen LogP contribution in [0.25, 0.3) is 0 Å². The lowest BCUT2D eigenvalue weighted by Crippen LogP contribution is -2.40. The van der Waals surface area contributed by atoms with Crippen molar-refractivity contribution in [3.63, 3.8) is 0 Å². The highest BCUT2D eigenvalue weighted by atomic mass is 16.5. The fourth-order valence-corrected chi connectivity index (χ4v) is 5.96. The van der Waals surface area contributed by atoms with Gasteiger partial charge in [0, 0.05) is 12.8 Å². The number of nitrogens with two attached hydrogens (primary N) is 1. The van der Waals surface area contributed by atoms with E-state index in [0.717, 1.165) is 64.2 Å². The molecule has 0 aliphatic heterocycles. The van der Waals surface area contributed by atoms with Gasteiger partial charge in [0.25, 0.3) is 0 Å². The summed E-state index contributed by atoms with van der Waals surface area (Å²) in [6.45, 7) is 4.84. The van der Waals surface area contributed by atoms with Crippen molar-refractivity contribution in [2.24, 2.45) is 5.73 Å². The third-order valence-electron chi connectivity index (χ3n) is 9.16. The molecule has 0 aromatic heterocycles. The van der Waals surface area contributed by atoms with Gasteiger partial charge in [0.15, 0.2) is 0 Å². The van der Waals surface area contributed by atoms with Crippen LogP contribution in [0.5, 0.6) is 0 Å². The first-order valence-corrected chi connectivity index (χ1v) is 20.8. The molecule has 0 aliphatic carbocycles. The molecule has 2 atom stereocenters. The molecular weight excluding hydrogens is 624 g/mol. The SMILES string of the molecule is CCCC/C=C\C(CCCCCCC(=O)NC(CCCN)C(=O)O)OC(=O)CCCCCCCCCCC/C=C\C/C=C\CCCCCCC. The number of ether oxygens (including phenoxy) is 1. The van der Waals surface area contributed by atoms with Gasteiger partial charge in [-0.3, -0.25) is 9.59 Å². The molecule has 7 heteroatoms. The summed E-state index contributed by atoms with van der Waals surface area (Å²) in [4.78, 5) is 36.1. The maximum atomic E-state index is 12.6. The largest absolute Gasteiger partial charge is 0.480 e. The number of carbonyl (C=O) groups is 3. The van der Waals surface area contributed by atoms with E-state index in [2.05, 4.69) is 55.6 Å². The quantitative estimate of drug-likeness (QED) is 0.0337. The molecule has 1 amide bonds. The minimum atomic E-state index is -1.02. The number of carboxylic acids is 1. The van der Waals surface area contributed by atoms with Crippen molar-refractivity contribution in [1.82, 2.24) is 5.32 Å². The van der Waals surface area contributed by atoms with E-state index in [-0.39, 0.29) is 18.0 Å². The first-order chi connectivity index (χ1) is 24.4. The maximum Gasteiger partial charge on any atom is 0.326 e. The molecule has 0 bridgehead atoms. The second-order valence-corrected chi connectivity index (χ2v) is 14.0. The normalized spacial score (nSPS) is 13.0. The lowest BCUT2D eigenvalue weighted by atomic mass is 10.1. The molecule has 0 aromatic carbocycles. The molecule has 0 fully saturated rings. The van der Waals surface area contributed by atoms with Crippen LogP contribution in [0.3, 0.4) is 0 Å². The zero-order valence-corrected chi connectivity index (χ0v) is 32.5. The fraction of sp³-hybridized carbons (Fsp3) is 0.791. The van der Waals surface area contributed by atoms with Gasteiger partial charge < -0.3 is 20.9 Å². The van der Waals surface area contributed by atoms with Gasteiger partial charge >= 0.3 is 11.9 Å². The fourth-order valence-electron chi connectivity index (χ4n) is 5.96. The summed E-state index contributed by atoms with van der Waals surface area (Å²) in [7, 11) is 0. The number of hydrogen-bond donors (Lipinski definition) is 3. The Balaban J connectivity index is 3.96. The van der Waals surface area contributed by atoms with Crippen molar-refractivity contribution in [3.8, 4) is 0 Å². The lowest BCUT2D eigenvalue weighted by Gasteiger charge is -2.15. The summed E-state index contributed by atoms with van der Waals surface area (Å²) in [6, 6.07) is -0.869. The zero-order chi connectivity index (χ0) is 36.8. The summed E-state index contributed by atoms with van der Waals surface area (Å²) in [5.41, 5.74) is 5.46. The number of aliphatic carboxylic acids is 1. The number of carboxylic acid groups (broad SMARTS) is 1. The van der Waals surface area contributed by atoms with Gasteiger partial charge in [-0.2, -0.15) is 0 Å². The van der Waals surface area contributed by atoms with Crippen molar-refractivity contribution in [2.75, 3.05) is 6.54 Å². The van der Waals surface area contributed by atoms with E-state index in [1.165, 1.54) is 89.9 Å². The number of carbonyl (C=O) groups excluding carboxylic acids is 2. The van der Waals surface area contributed by atoms with E-state index in [4.69, 9.17) is 10.5 Å². The highest BCUT2D eigenvalue weighted by molar-refractivity contribution is 5.83. The number of amides is 1. The number of rotatable bonds is 37. The standard InChI is InChI=1S/C43H78N2O5/c1-3-5-7-9-10-11-12-13-14-15-16-17-18-19-20-21-22-23-24-25-31-37-42(47)50-39(33-28-8-6-4-2)34-29-26-27-30-36-41(46)45-40(43(48)49)35-32-38-44/h12-13,15-16,28,33,39-40H,3-11,14,17-27,29-32,34-38,44H2,1-2H3,(H,45,46)(H,48,49)/b13-12-,16-15-,33-28-. The highest BCUT2D eigenvalue weighted by Gasteiger charge is 2.19. The Morgan fingerprint density at radius 2 is 1.12 bits per heavy atom. The van der Waals surface area contributed by atoms with Gasteiger partial charge in [-0.15, -0.1) is 0 Å². The number of allylic oxidation sites excluding steroid dienone is 5. The summed E-state index contributed by atoms with van der Waals surface area (Å²) in [6.07, 6.45) is 43.8. The first kappa shape index (κ1) is 47.6. The van der Waals surface area contributed by atoms with Crippen LogP contribution >= 0.6 is 0 Å². The summed E-state index contributed by atoms with van der Waals surface area (Å²) < 4.78 is 5.86. The monoisotopic (exact) mass is 703 g/mol. The van der Waals surface area contributed by atoms with Crippen molar-refractivity contribution in [1.29, 1.82) is 0 Å². The molecule has 0 aromatic rings. The van der Waals surface area contributed by atoms with Crippen LogP contribution in [-0.4, -0.2) is 41.6 Å². The van der Waals surface area contributed by atoms with E-state index in [9.17, 15) is 19.5 Å². The van der Waals surface area contributed by atoms with Crippen LogP contribution in [0, 0.1) is 0 Å². The Morgan fingerprint density at radius 1 is 0.600 bits per heavy atom. The molecule has 0 aliphatic rings. The molecule has 50 heavy (non-hydrogen) atoms. The minimum absolute atomic E-state index is 0.0997. The van der Waals surface area contributed by atoms with Crippen molar-refractivity contribution in [3.05, 3.63) is 36.5 Å². The van der Waals surface area contributed by atoms with Gasteiger partial charge in [-0.1, -0.05) is 141 Å². The minimum Gasteiger partial charge on any atom is -0.480 e. The molecule has 290 valence electrons. The molecule has 0 rings (SSSR count). The van der Waals surface area contributed by atoms with E-state index < -0.39 is 12.0 Å². The van der Waals surface area contributed by atoms with Gasteiger partial charge in [-0.05, 0) is 89.7 Å². The van der Waals surface area contributed by atoms with Gasteiger partial charge in [0.1, 0.15) is 12.1 Å². The molecule has 4 N–H and O–H groups in total. The van der Waals surface area contributed by atoms with Gasteiger partial charge in [-0.25, -0.2) is 4.79 Å². The summed E-state index contributed by atoms with van der Waals surface area (Å²) >= 11 is 0. The predicted molar refractivity (Wildman–Crippen MR) is 211 cm³/mol. The smallest absolute Gasteiger partial charge is 0.326 e. The Labute approximate surface area is 307 Å². The van der Waals surface area contributed by atoms with E-state index in [1.54, 1.807) is 0 Å². The molecule has 0 saturated heterocycles. The molecule has 0 radical (unpaired) electrons. The Morgan fingerprint density at radius 3 is 1.70 bits per heavy atom. The Bertz CT molecular complexity index is 885. The number of unbranched alkanes of at least 4 members (excludes halogenated alkanes) is 19. The van der Waals surface area contributed by atoms with E-state index >= 15 is 0 Å². The van der Waals surface area contributed by atoms with Crippen molar-refractivity contribution in [2.45, 2.75) is 212 Å². The average Bonchev–Trinajstić information content (AvgIpc) is 3.10. The van der Waals surface area contributed by atoms with Gasteiger partial charge in [0.2, 0.25) is 5.91 Å². The molecule has 0 heterocycles. The van der Waals surface area contributed by atoms with Crippen molar-refractivity contribution < 1.29 is 24.2 Å². The Hall–Kier alpha value is -2.41. The molecule has 0 saturated carbocycles. The van der Waals surface area contributed by atoms with Crippen LogP contribution in [-0.2, 0) is 19.1 Å². The summed E-state index contributed by atoms with van der Waals surface area (Å²) in [5.74, 6) is -1.34. The number of nitrogens with one attached hydrogen (secondary N) is 1. The average molecular weight is 703 g/mol. The number of hydrogen-bond acceptors (Lipinski definition) is 5. The van der Waals surface area contributed by atoms with Crippen molar-refractivity contribution >= 4 is 17.8 Å². The van der Waals surface area contributed by atoms with Crippen LogP contribution in [0.4, 0.5) is 0 Å². The van der Waals surface area contributed by atoms with Crippen LogP contribution in [0.15, 0.2) is 36.5 Å². The topological polar surface area (TPSA) is 119 Å². The highest BCUT2D eigenvalue weighted by Crippen LogP contribution is 2.15. The molecule has 2 unspecified atom stereocenters. The van der Waals surface area contributed by atoms with Crippen LogP contribution in [0.1, 0.15) is 200 Å². The second kappa shape index (κ2) is 37.8. The molecule has 7 nitrogen and oxygen atoms in total. The first-order valence-electron chi connectivity index (χ1n) is 20.8. The second-order valence-electron chi connectivity index (χ2n) is 14.0. The molecular formula is C43H78N2O5.